The van der Waals surface area contributed by atoms with Crippen LogP contribution in [0.25, 0.3) is 0 Å². The summed E-state index contributed by atoms with van der Waals surface area (Å²) in [5, 5.41) is 22.9. The molecule has 0 saturated heterocycles. The molecule has 0 bridgehead atoms. The van der Waals surface area contributed by atoms with E-state index in [4.69, 9.17) is 10.2 Å². The second kappa shape index (κ2) is 2.06. The number of ether oxygens (including phenoxy) is 2. The van der Waals surface area contributed by atoms with E-state index in [1.54, 1.807) is 0 Å². The molecule has 1 aromatic heterocycles. The summed E-state index contributed by atoms with van der Waals surface area (Å²) < 4.78 is 9.34. The molecule has 0 unspecified atom stereocenters. The average molecular weight is 170 g/mol. The molecule has 2 N–H and O–H groups in total. The summed E-state index contributed by atoms with van der Waals surface area (Å²) in [6.07, 6.45) is 0. The molecule has 1 aromatic rings. The van der Waals surface area contributed by atoms with E-state index in [1.807, 2.05) is 0 Å². The van der Waals surface area contributed by atoms with Crippen LogP contribution in [-0.2, 0) is 0 Å². The Morgan fingerprint density at radius 2 is 1.45 bits per heavy atom. The lowest BCUT2D eigenvalue weighted by Crippen LogP contribution is -2.09. The fourth-order valence-electron chi connectivity index (χ4n) is 0.626. The van der Waals surface area contributed by atoms with Gasteiger partial charge in [-0.1, -0.05) is 0 Å². The third-order valence-corrected chi connectivity index (χ3v) is 1.65. The topological polar surface area (TPSA) is 58.9 Å². The Morgan fingerprint density at radius 1 is 1.00 bits per heavy atom. The molecule has 5 heteroatoms. The minimum Gasteiger partial charge on any atom is -0.476 e. The minimum absolute atomic E-state index is 0.241. The highest BCUT2D eigenvalue weighted by Gasteiger charge is 2.21. The molecular weight excluding hydrogens is 168 g/mol. The molecular formula is C6H2O4S. The van der Waals surface area contributed by atoms with E-state index < -0.39 is 11.9 Å². The molecule has 4 nitrogen and oxygen atoms in total. The van der Waals surface area contributed by atoms with Crippen LogP contribution in [0, 0.1) is 10.8 Å². The standard InChI is InChI=1S/C6H2O4S/c7-5-6(8)10-4-2-11-1-3(4)9-5/h7-8H. The van der Waals surface area contributed by atoms with Gasteiger partial charge in [0.15, 0.2) is 11.5 Å². The number of thiophene rings is 1. The zero-order valence-corrected chi connectivity index (χ0v) is 5.94. The van der Waals surface area contributed by atoms with E-state index in [1.165, 1.54) is 0 Å². The van der Waals surface area contributed by atoms with E-state index in [9.17, 15) is 0 Å². The van der Waals surface area contributed by atoms with Gasteiger partial charge in [0.1, 0.15) is 0 Å². The van der Waals surface area contributed by atoms with Crippen molar-refractivity contribution in [3.05, 3.63) is 22.7 Å². The zero-order chi connectivity index (χ0) is 7.84. The molecule has 0 atom stereocenters. The maximum Gasteiger partial charge on any atom is 0.367 e. The molecule has 2 heterocycles. The third-order valence-electron chi connectivity index (χ3n) is 1.07. The molecule has 1 aliphatic rings. The van der Waals surface area contributed by atoms with Crippen molar-refractivity contribution >= 4 is 11.3 Å². The van der Waals surface area contributed by atoms with Gasteiger partial charge in [0.05, 0.1) is 10.8 Å². The SMILES string of the molecule is OC1=C(O)Oc2[c]s[c]c2O1. The quantitative estimate of drug-likeness (QED) is 0.617. The molecule has 0 amide bonds. The fourth-order valence-corrected chi connectivity index (χ4v) is 1.13. The number of hydrogen-bond acceptors (Lipinski definition) is 5. The van der Waals surface area contributed by atoms with Crippen molar-refractivity contribution < 1.29 is 19.7 Å². The molecule has 0 aliphatic carbocycles. The van der Waals surface area contributed by atoms with Gasteiger partial charge in [-0.05, 0) is 0 Å². The van der Waals surface area contributed by atoms with Crippen molar-refractivity contribution in [2.75, 3.05) is 0 Å². The van der Waals surface area contributed by atoms with Crippen LogP contribution in [0.2, 0.25) is 0 Å². The maximum absolute atomic E-state index is 8.80. The molecule has 2 radical (unpaired) electrons. The van der Waals surface area contributed by atoms with Crippen molar-refractivity contribution in [1.29, 1.82) is 0 Å². The normalized spacial score (nSPS) is 15.3. The molecule has 1 aliphatic heterocycles. The molecule has 11 heavy (non-hydrogen) atoms. The van der Waals surface area contributed by atoms with Gasteiger partial charge in [0, 0.05) is 0 Å². The smallest absolute Gasteiger partial charge is 0.367 e. The van der Waals surface area contributed by atoms with Gasteiger partial charge in [-0.2, -0.15) is 0 Å². The monoisotopic (exact) mass is 170 g/mol. The summed E-state index contributed by atoms with van der Waals surface area (Å²) in [4.78, 5) is 0. The predicted octanol–water partition coefficient (Wildman–Crippen LogP) is 1.36. The molecule has 0 saturated carbocycles. The van der Waals surface area contributed by atoms with Crippen molar-refractivity contribution in [2.45, 2.75) is 0 Å². The Morgan fingerprint density at radius 3 is 1.91 bits per heavy atom. The summed E-state index contributed by atoms with van der Waals surface area (Å²) in [6.45, 7) is 0. The highest BCUT2D eigenvalue weighted by Crippen LogP contribution is 2.35. The van der Waals surface area contributed by atoms with Gasteiger partial charge in [-0.3, -0.25) is 0 Å². The Labute approximate surface area is 65.9 Å². The molecule has 2 rings (SSSR count). The summed E-state index contributed by atoms with van der Waals surface area (Å²) in [5.74, 6) is -0.822. The van der Waals surface area contributed by atoms with Crippen LogP contribution >= 0.6 is 11.3 Å². The summed E-state index contributed by atoms with van der Waals surface area (Å²) in [7, 11) is 0. The molecule has 0 fully saturated rings. The van der Waals surface area contributed by atoms with Crippen LogP contribution in [0.3, 0.4) is 0 Å². The lowest BCUT2D eigenvalue weighted by Gasteiger charge is -2.11. The van der Waals surface area contributed by atoms with E-state index in [0.29, 0.717) is 0 Å². The number of aliphatic hydroxyl groups excluding tert-OH is 2. The molecule has 56 valence electrons. The highest BCUT2D eigenvalue weighted by molar-refractivity contribution is 7.07. The second-order valence-corrected chi connectivity index (χ2v) is 2.39. The average Bonchev–Trinajstić information content (AvgIpc) is 2.36. The maximum atomic E-state index is 8.80. The van der Waals surface area contributed by atoms with Crippen LogP contribution in [-0.4, -0.2) is 10.2 Å². The van der Waals surface area contributed by atoms with Gasteiger partial charge >= 0.3 is 11.9 Å². The van der Waals surface area contributed by atoms with Crippen molar-refractivity contribution in [1.82, 2.24) is 0 Å². The van der Waals surface area contributed by atoms with E-state index in [-0.39, 0.29) is 11.5 Å². The number of hydrogen-bond donors (Lipinski definition) is 2. The van der Waals surface area contributed by atoms with Gasteiger partial charge in [-0.15, -0.1) is 11.3 Å². The third kappa shape index (κ3) is 0.894. The van der Waals surface area contributed by atoms with E-state index in [0.717, 1.165) is 11.3 Å². The summed E-state index contributed by atoms with van der Waals surface area (Å²) >= 11 is 1.11. The van der Waals surface area contributed by atoms with E-state index in [2.05, 4.69) is 20.2 Å². The van der Waals surface area contributed by atoms with Crippen LogP contribution in [0.5, 0.6) is 11.5 Å². The predicted molar refractivity (Wildman–Crippen MR) is 35.5 cm³/mol. The van der Waals surface area contributed by atoms with Crippen LogP contribution in [0.1, 0.15) is 0 Å². The Hall–Kier alpha value is -1.36. The first-order chi connectivity index (χ1) is 5.27. The van der Waals surface area contributed by atoms with Gasteiger partial charge in [0.2, 0.25) is 0 Å². The summed E-state index contributed by atoms with van der Waals surface area (Å²) in [6, 6.07) is 0. The second-order valence-electron chi connectivity index (χ2n) is 1.78. The van der Waals surface area contributed by atoms with Gasteiger partial charge in [-0.25, -0.2) is 0 Å². The summed E-state index contributed by atoms with van der Waals surface area (Å²) in [5.41, 5.74) is 0. The lowest BCUT2D eigenvalue weighted by atomic mass is 10.5. The van der Waals surface area contributed by atoms with Crippen LogP contribution in [0.4, 0.5) is 0 Å². The Kier molecular flexibility index (Phi) is 1.19. The Bertz CT molecular complexity index is 286. The first kappa shape index (κ1) is 6.36. The van der Waals surface area contributed by atoms with Crippen LogP contribution < -0.4 is 9.47 Å². The number of aliphatic hydroxyl groups is 2. The highest BCUT2D eigenvalue weighted by atomic mass is 32.1. The first-order valence-electron chi connectivity index (χ1n) is 2.67. The van der Waals surface area contributed by atoms with Crippen LogP contribution in [0.15, 0.2) is 11.9 Å². The Balaban J connectivity index is 2.41. The van der Waals surface area contributed by atoms with E-state index >= 15 is 0 Å². The first-order valence-corrected chi connectivity index (χ1v) is 3.49. The fraction of sp³-hybridized carbons (Fsp3) is 0. The zero-order valence-electron chi connectivity index (χ0n) is 5.12. The van der Waals surface area contributed by atoms with Gasteiger partial charge < -0.3 is 19.7 Å². The largest absolute Gasteiger partial charge is 0.476 e. The minimum atomic E-state index is -0.652. The molecule has 0 spiro atoms. The van der Waals surface area contributed by atoms with Crippen molar-refractivity contribution in [2.24, 2.45) is 0 Å². The number of fused-ring (bicyclic) bond motifs is 1. The van der Waals surface area contributed by atoms with Crippen molar-refractivity contribution in [3.63, 3.8) is 0 Å². The molecule has 0 aromatic carbocycles. The lowest BCUT2D eigenvalue weighted by molar-refractivity contribution is 0.0859. The van der Waals surface area contributed by atoms with Crippen molar-refractivity contribution in [3.8, 4) is 11.5 Å². The van der Waals surface area contributed by atoms with Gasteiger partial charge in [0.25, 0.3) is 0 Å². The number of rotatable bonds is 0.